The van der Waals surface area contributed by atoms with Gasteiger partial charge in [-0.15, -0.1) is 0 Å². The number of aryl methyl sites for hydroxylation is 1. The van der Waals surface area contributed by atoms with Gasteiger partial charge in [0.2, 0.25) is 0 Å². The van der Waals surface area contributed by atoms with Gasteiger partial charge in [0.15, 0.2) is 5.60 Å². The van der Waals surface area contributed by atoms with Gasteiger partial charge in [0, 0.05) is 53.8 Å². The molecule has 1 saturated heterocycles. The fourth-order valence-electron chi connectivity index (χ4n) is 5.53. The molecule has 2 unspecified atom stereocenters. The van der Waals surface area contributed by atoms with Gasteiger partial charge >= 0.3 is 0 Å². The van der Waals surface area contributed by atoms with Crippen molar-refractivity contribution in [3.8, 4) is 11.8 Å². The fraction of sp³-hybridized carbons (Fsp3) is 0.438. The van der Waals surface area contributed by atoms with Gasteiger partial charge in [-0.2, -0.15) is 0 Å². The molecule has 2 fully saturated rings. The maximum atomic E-state index is 12.6. The van der Waals surface area contributed by atoms with E-state index in [9.17, 15) is 10.2 Å². The van der Waals surface area contributed by atoms with Crippen molar-refractivity contribution in [2.45, 2.75) is 70.6 Å². The van der Waals surface area contributed by atoms with Crippen molar-refractivity contribution < 1.29 is 10.2 Å². The number of hydrogen-bond donors (Lipinski definition) is 2. The Kier molecular flexibility index (Phi) is 6.48. The van der Waals surface area contributed by atoms with E-state index < -0.39 is 11.2 Å². The van der Waals surface area contributed by atoms with Gasteiger partial charge in [-0.1, -0.05) is 62.9 Å². The second-order valence-electron chi connectivity index (χ2n) is 11.6. The SMILES string of the molecule is Cc1cccc(C(C)(O)C#Cc2cncc(C(O)(c3ccc(C(C)C)cc3)C3(C)CN(C4CC4)C3)c2)n1. The Morgan fingerprint density at radius 3 is 2.35 bits per heavy atom. The minimum Gasteiger partial charge on any atom is -0.380 e. The lowest BCUT2D eigenvalue weighted by Gasteiger charge is -2.57. The van der Waals surface area contributed by atoms with Crippen molar-refractivity contribution in [1.29, 1.82) is 0 Å². The van der Waals surface area contributed by atoms with E-state index in [2.05, 4.69) is 71.7 Å². The van der Waals surface area contributed by atoms with Crippen LogP contribution in [0.25, 0.3) is 0 Å². The number of pyridine rings is 2. The van der Waals surface area contributed by atoms with Crippen LogP contribution >= 0.6 is 0 Å². The maximum Gasteiger partial charge on any atom is 0.165 e. The van der Waals surface area contributed by atoms with Crippen LogP contribution in [0.1, 0.15) is 80.1 Å². The van der Waals surface area contributed by atoms with Crippen LogP contribution in [0.3, 0.4) is 0 Å². The minimum atomic E-state index is -1.41. The van der Waals surface area contributed by atoms with E-state index >= 15 is 0 Å². The molecule has 1 aliphatic carbocycles. The molecule has 2 aromatic heterocycles. The Morgan fingerprint density at radius 2 is 1.73 bits per heavy atom. The molecule has 5 nitrogen and oxygen atoms in total. The molecule has 3 aromatic rings. The molecule has 37 heavy (non-hydrogen) atoms. The molecule has 1 aromatic carbocycles. The zero-order valence-corrected chi connectivity index (χ0v) is 22.5. The summed E-state index contributed by atoms with van der Waals surface area (Å²) in [7, 11) is 0. The van der Waals surface area contributed by atoms with Crippen molar-refractivity contribution in [2.24, 2.45) is 5.41 Å². The monoisotopic (exact) mass is 495 g/mol. The molecule has 5 rings (SSSR count). The first-order chi connectivity index (χ1) is 17.5. The predicted molar refractivity (Wildman–Crippen MR) is 146 cm³/mol. The Bertz CT molecular complexity index is 1340. The third-order valence-electron chi connectivity index (χ3n) is 8.03. The second kappa shape index (κ2) is 9.36. The van der Waals surface area contributed by atoms with Crippen LogP contribution in [0.5, 0.6) is 0 Å². The Morgan fingerprint density at radius 1 is 1.03 bits per heavy atom. The smallest absolute Gasteiger partial charge is 0.165 e. The van der Waals surface area contributed by atoms with E-state index in [1.807, 2.05) is 25.1 Å². The molecular formula is C32H37N3O2. The molecule has 1 saturated carbocycles. The minimum absolute atomic E-state index is 0.361. The topological polar surface area (TPSA) is 69.5 Å². The van der Waals surface area contributed by atoms with Crippen molar-refractivity contribution in [1.82, 2.24) is 14.9 Å². The summed E-state index contributed by atoms with van der Waals surface area (Å²) in [6, 6.07) is 16.5. The van der Waals surface area contributed by atoms with E-state index in [0.717, 1.165) is 29.9 Å². The van der Waals surface area contributed by atoms with E-state index in [1.165, 1.54) is 18.4 Å². The van der Waals surface area contributed by atoms with E-state index in [-0.39, 0.29) is 5.41 Å². The lowest BCUT2D eigenvalue weighted by atomic mass is 9.62. The van der Waals surface area contributed by atoms with Crippen LogP contribution in [0.2, 0.25) is 0 Å². The lowest BCUT2D eigenvalue weighted by molar-refractivity contribution is -0.138. The van der Waals surface area contributed by atoms with Crippen LogP contribution in [-0.4, -0.2) is 44.2 Å². The van der Waals surface area contributed by atoms with Gasteiger partial charge in [0.1, 0.15) is 5.60 Å². The van der Waals surface area contributed by atoms with Crippen LogP contribution in [0.4, 0.5) is 0 Å². The Hall–Kier alpha value is -3.04. The summed E-state index contributed by atoms with van der Waals surface area (Å²) in [5, 5.41) is 23.6. The van der Waals surface area contributed by atoms with Gasteiger partial charge in [0.25, 0.3) is 0 Å². The zero-order chi connectivity index (χ0) is 26.4. The number of likely N-dealkylation sites (tertiary alicyclic amines) is 1. The molecule has 1 aliphatic heterocycles. The van der Waals surface area contributed by atoms with Crippen LogP contribution in [0, 0.1) is 24.2 Å². The van der Waals surface area contributed by atoms with Crippen LogP contribution in [-0.2, 0) is 11.2 Å². The average molecular weight is 496 g/mol. The molecule has 0 bridgehead atoms. The Balaban J connectivity index is 1.52. The number of benzene rings is 1. The molecule has 0 radical (unpaired) electrons. The largest absolute Gasteiger partial charge is 0.380 e. The molecule has 192 valence electrons. The number of rotatable bonds is 6. The zero-order valence-electron chi connectivity index (χ0n) is 22.5. The highest BCUT2D eigenvalue weighted by Gasteiger charge is 2.58. The molecule has 2 atom stereocenters. The average Bonchev–Trinajstić information content (AvgIpc) is 3.70. The predicted octanol–water partition coefficient (Wildman–Crippen LogP) is 4.89. The summed E-state index contributed by atoms with van der Waals surface area (Å²) < 4.78 is 0. The molecule has 3 heterocycles. The molecule has 0 spiro atoms. The van der Waals surface area contributed by atoms with E-state index in [0.29, 0.717) is 23.2 Å². The molecule has 2 N–H and O–H groups in total. The maximum absolute atomic E-state index is 12.6. The molecule has 0 amide bonds. The number of nitrogens with zero attached hydrogens (tertiary/aromatic N) is 3. The van der Waals surface area contributed by atoms with Gasteiger partial charge in [-0.05, 0) is 61.9 Å². The van der Waals surface area contributed by atoms with Gasteiger partial charge in [0.05, 0.1) is 5.69 Å². The highest BCUT2D eigenvalue weighted by Crippen LogP contribution is 2.52. The second-order valence-corrected chi connectivity index (χ2v) is 11.6. The van der Waals surface area contributed by atoms with Gasteiger partial charge in [-0.3, -0.25) is 14.9 Å². The fourth-order valence-corrected chi connectivity index (χ4v) is 5.53. The summed E-state index contributed by atoms with van der Waals surface area (Å²) in [6.45, 7) is 11.7. The van der Waals surface area contributed by atoms with Crippen LogP contribution in [0.15, 0.2) is 60.9 Å². The van der Waals surface area contributed by atoms with E-state index in [1.54, 1.807) is 25.4 Å². The van der Waals surface area contributed by atoms with Crippen LogP contribution < -0.4 is 0 Å². The van der Waals surface area contributed by atoms with Gasteiger partial charge < -0.3 is 10.2 Å². The first kappa shape index (κ1) is 25.6. The third-order valence-corrected chi connectivity index (χ3v) is 8.03. The standard InChI is InChI=1S/C32H37N3O2/c1-22(2)25-9-11-26(12-10-25)32(37,30(4)20-35(21-30)28-13-14-28)27-17-24(18-33-19-27)15-16-31(5,36)29-8-6-7-23(3)34-29/h6-12,17-19,22,28,36-37H,13-14,20-21H2,1-5H3. The lowest BCUT2D eigenvalue weighted by Crippen LogP contribution is -2.65. The van der Waals surface area contributed by atoms with Crippen molar-refractivity contribution in [2.75, 3.05) is 13.1 Å². The molecular weight excluding hydrogens is 458 g/mol. The molecule has 2 aliphatic rings. The number of hydrogen-bond acceptors (Lipinski definition) is 5. The van der Waals surface area contributed by atoms with Crippen molar-refractivity contribution >= 4 is 0 Å². The number of aliphatic hydroxyl groups is 2. The van der Waals surface area contributed by atoms with Crippen molar-refractivity contribution in [3.63, 3.8) is 0 Å². The Labute approximate surface area is 220 Å². The summed E-state index contributed by atoms with van der Waals surface area (Å²) in [4.78, 5) is 11.4. The summed E-state index contributed by atoms with van der Waals surface area (Å²) in [5.41, 5.74) is 1.83. The highest BCUT2D eigenvalue weighted by atomic mass is 16.3. The summed E-state index contributed by atoms with van der Waals surface area (Å²) >= 11 is 0. The van der Waals surface area contributed by atoms with E-state index in [4.69, 9.17) is 0 Å². The highest BCUT2D eigenvalue weighted by molar-refractivity contribution is 5.45. The normalized spacial score (nSPS) is 20.3. The van der Waals surface area contributed by atoms with Gasteiger partial charge in [-0.25, -0.2) is 0 Å². The summed E-state index contributed by atoms with van der Waals surface area (Å²) in [6.07, 6.45) is 5.94. The molecule has 5 heteroatoms. The summed E-state index contributed by atoms with van der Waals surface area (Å²) in [5.74, 6) is 6.48. The quantitative estimate of drug-likeness (QED) is 0.477. The van der Waals surface area contributed by atoms with Crippen molar-refractivity contribution in [3.05, 3.63) is 94.6 Å². The third kappa shape index (κ3) is 4.82. The first-order valence-electron chi connectivity index (χ1n) is 13.2. The first-order valence-corrected chi connectivity index (χ1v) is 13.2. The number of aromatic nitrogens is 2.